The van der Waals surface area contributed by atoms with Crippen molar-refractivity contribution < 1.29 is 32.6 Å². The summed E-state index contributed by atoms with van der Waals surface area (Å²) in [5.74, 6) is -1.24. The first-order chi connectivity index (χ1) is 8.74. The third-order valence-corrected chi connectivity index (χ3v) is 2.63. The minimum Gasteiger partial charge on any atom is -0.479 e. The highest BCUT2D eigenvalue weighted by Crippen LogP contribution is 2.18. The van der Waals surface area contributed by atoms with E-state index < -0.39 is 30.8 Å². The average Bonchev–Trinajstić information content (AvgIpc) is 2.34. The molecule has 1 heterocycles. The van der Waals surface area contributed by atoms with Gasteiger partial charge in [0.1, 0.15) is 6.54 Å². The highest BCUT2D eigenvalue weighted by atomic mass is 19.4. The van der Waals surface area contributed by atoms with E-state index in [1.165, 1.54) is 6.92 Å². The predicted molar refractivity (Wildman–Crippen MR) is 57.6 cm³/mol. The van der Waals surface area contributed by atoms with E-state index in [0.717, 1.165) is 4.90 Å². The maximum Gasteiger partial charge on any atom is 0.406 e. The number of morpholine rings is 1. The number of halogens is 3. The van der Waals surface area contributed by atoms with Crippen molar-refractivity contribution in [3.05, 3.63) is 0 Å². The standard InChI is InChI=1S/C10H15F3N2O4/c1-2-14(6-10(11,12)13)9(18)15-3-4-19-7(5-15)8(16)17/h7H,2-6H2,1H3,(H,16,17). The lowest BCUT2D eigenvalue weighted by Gasteiger charge is -2.35. The van der Waals surface area contributed by atoms with Gasteiger partial charge in [-0.3, -0.25) is 0 Å². The Morgan fingerprint density at radius 1 is 1.47 bits per heavy atom. The lowest BCUT2D eigenvalue weighted by atomic mass is 10.3. The second-order valence-electron chi connectivity index (χ2n) is 4.06. The van der Waals surface area contributed by atoms with Crippen LogP contribution >= 0.6 is 0 Å². The van der Waals surface area contributed by atoms with Gasteiger partial charge in [-0.05, 0) is 6.92 Å². The second kappa shape index (κ2) is 6.09. The molecule has 0 aromatic rings. The van der Waals surface area contributed by atoms with Crippen LogP contribution in [0.5, 0.6) is 0 Å². The summed E-state index contributed by atoms with van der Waals surface area (Å²) in [5, 5.41) is 8.76. The molecule has 19 heavy (non-hydrogen) atoms. The fourth-order valence-corrected chi connectivity index (χ4v) is 1.70. The van der Waals surface area contributed by atoms with E-state index in [1.807, 2.05) is 0 Å². The molecule has 2 amide bonds. The number of carboxylic acid groups (broad SMARTS) is 1. The van der Waals surface area contributed by atoms with Crippen molar-refractivity contribution in [3.63, 3.8) is 0 Å². The van der Waals surface area contributed by atoms with Crippen LogP contribution in [0.2, 0.25) is 0 Å². The minimum atomic E-state index is -4.48. The van der Waals surface area contributed by atoms with Gasteiger partial charge in [0.15, 0.2) is 6.10 Å². The van der Waals surface area contributed by atoms with Gasteiger partial charge in [-0.1, -0.05) is 0 Å². The molecule has 0 radical (unpaired) electrons. The number of carbonyl (C=O) groups is 2. The summed E-state index contributed by atoms with van der Waals surface area (Å²) in [4.78, 5) is 24.3. The normalized spacial score (nSPS) is 20.2. The Morgan fingerprint density at radius 3 is 2.58 bits per heavy atom. The van der Waals surface area contributed by atoms with Gasteiger partial charge in [0, 0.05) is 13.1 Å². The summed E-state index contributed by atoms with van der Waals surface area (Å²) in [6.45, 7) is -0.199. The molecule has 0 aromatic carbocycles. The van der Waals surface area contributed by atoms with E-state index in [-0.39, 0.29) is 26.2 Å². The van der Waals surface area contributed by atoms with E-state index in [1.54, 1.807) is 0 Å². The van der Waals surface area contributed by atoms with Gasteiger partial charge in [0.25, 0.3) is 0 Å². The quantitative estimate of drug-likeness (QED) is 0.831. The SMILES string of the molecule is CCN(CC(F)(F)F)C(=O)N1CCOC(C(=O)O)C1. The number of carbonyl (C=O) groups excluding carboxylic acids is 1. The van der Waals surface area contributed by atoms with Gasteiger partial charge in [0.2, 0.25) is 0 Å². The number of carboxylic acids is 1. The topological polar surface area (TPSA) is 70.1 Å². The number of aliphatic carboxylic acids is 1. The van der Waals surface area contributed by atoms with E-state index >= 15 is 0 Å². The summed E-state index contributed by atoms with van der Waals surface area (Å²) in [6.07, 6.45) is -5.67. The van der Waals surface area contributed by atoms with Gasteiger partial charge in [-0.2, -0.15) is 13.2 Å². The Kier molecular flexibility index (Phi) is 4.98. The van der Waals surface area contributed by atoms with Crippen LogP contribution in [0.3, 0.4) is 0 Å². The molecule has 0 spiro atoms. The molecule has 0 aliphatic carbocycles. The number of nitrogens with zero attached hydrogens (tertiary/aromatic N) is 2. The maximum absolute atomic E-state index is 12.3. The molecule has 1 aliphatic rings. The zero-order valence-corrected chi connectivity index (χ0v) is 10.3. The zero-order valence-electron chi connectivity index (χ0n) is 10.3. The van der Waals surface area contributed by atoms with E-state index in [9.17, 15) is 22.8 Å². The molecule has 0 bridgehead atoms. The van der Waals surface area contributed by atoms with E-state index in [0.29, 0.717) is 4.90 Å². The lowest BCUT2D eigenvalue weighted by molar-refractivity contribution is -0.156. The molecular formula is C10H15F3N2O4. The van der Waals surface area contributed by atoms with Crippen molar-refractivity contribution in [2.45, 2.75) is 19.2 Å². The molecular weight excluding hydrogens is 269 g/mol. The Morgan fingerprint density at radius 2 is 2.11 bits per heavy atom. The Hall–Kier alpha value is -1.51. The van der Waals surface area contributed by atoms with Gasteiger partial charge >= 0.3 is 18.2 Å². The number of hydrogen-bond acceptors (Lipinski definition) is 3. The molecule has 1 rings (SSSR count). The van der Waals surface area contributed by atoms with Crippen molar-refractivity contribution in [3.8, 4) is 0 Å². The summed E-state index contributed by atoms with van der Waals surface area (Å²) in [7, 11) is 0. The zero-order chi connectivity index (χ0) is 14.6. The van der Waals surface area contributed by atoms with Crippen LogP contribution in [0.4, 0.5) is 18.0 Å². The molecule has 1 N–H and O–H groups in total. The largest absolute Gasteiger partial charge is 0.479 e. The first-order valence-corrected chi connectivity index (χ1v) is 5.69. The average molecular weight is 284 g/mol. The van der Waals surface area contributed by atoms with Crippen LogP contribution < -0.4 is 0 Å². The number of amides is 2. The van der Waals surface area contributed by atoms with Crippen LogP contribution in [-0.2, 0) is 9.53 Å². The highest BCUT2D eigenvalue weighted by molar-refractivity contribution is 5.77. The Bertz CT molecular complexity index is 348. The Balaban J connectivity index is 2.66. The molecule has 6 nitrogen and oxygen atoms in total. The highest BCUT2D eigenvalue weighted by Gasteiger charge is 2.36. The molecule has 110 valence electrons. The van der Waals surface area contributed by atoms with E-state index in [2.05, 4.69) is 0 Å². The number of hydrogen-bond donors (Lipinski definition) is 1. The fourth-order valence-electron chi connectivity index (χ4n) is 1.70. The smallest absolute Gasteiger partial charge is 0.406 e. The predicted octanol–water partition coefficient (Wildman–Crippen LogP) is 0.776. The molecule has 1 saturated heterocycles. The van der Waals surface area contributed by atoms with Crippen molar-refractivity contribution in [1.82, 2.24) is 9.80 Å². The van der Waals surface area contributed by atoms with Crippen LogP contribution in [0.15, 0.2) is 0 Å². The number of ether oxygens (including phenoxy) is 1. The molecule has 1 atom stereocenters. The lowest BCUT2D eigenvalue weighted by Crippen LogP contribution is -2.54. The molecule has 1 aliphatic heterocycles. The van der Waals surface area contributed by atoms with Crippen molar-refractivity contribution in [1.29, 1.82) is 0 Å². The third-order valence-electron chi connectivity index (χ3n) is 2.63. The maximum atomic E-state index is 12.3. The third kappa shape index (κ3) is 4.58. The molecule has 0 aromatic heterocycles. The summed E-state index contributed by atoms with van der Waals surface area (Å²) in [6, 6.07) is -0.825. The fraction of sp³-hybridized carbons (Fsp3) is 0.800. The number of alkyl halides is 3. The monoisotopic (exact) mass is 284 g/mol. The first-order valence-electron chi connectivity index (χ1n) is 5.69. The second-order valence-corrected chi connectivity index (χ2v) is 4.06. The van der Waals surface area contributed by atoms with Crippen molar-refractivity contribution in [2.24, 2.45) is 0 Å². The summed E-state index contributed by atoms with van der Waals surface area (Å²) >= 11 is 0. The van der Waals surface area contributed by atoms with Gasteiger partial charge in [0.05, 0.1) is 13.2 Å². The minimum absolute atomic E-state index is 0.00766. The van der Waals surface area contributed by atoms with Crippen LogP contribution in [0.1, 0.15) is 6.92 Å². The molecule has 1 unspecified atom stereocenters. The first kappa shape index (κ1) is 15.5. The van der Waals surface area contributed by atoms with Crippen molar-refractivity contribution in [2.75, 3.05) is 32.8 Å². The number of rotatable bonds is 3. The van der Waals surface area contributed by atoms with Crippen molar-refractivity contribution >= 4 is 12.0 Å². The van der Waals surface area contributed by atoms with Gasteiger partial charge < -0.3 is 19.6 Å². The summed E-state index contributed by atoms with van der Waals surface area (Å²) < 4.78 is 41.8. The van der Waals surface area contributed by atoms with Crippen LogP contribution in [0, 0.1) is 0 Å². The van der Waals surface area contributed by atoms with E-state index in [4.69, 9.17) is 9.84 Å². The molecule has 9 heteroatoms. The van der Waals surface area contributed by atoms with Crippen LogP contribution in [-0.4, -0.2) is 72.0 Å². The molecule has 1 fully saturated rings. The Labute approximate surface area is 107 Å². The van der Waals surface area contributed by atoms with Gasteiger partial charge in [-0.15, -0.1) is 0 Å². The van der Waals surface area contributed by atoms with Gasteiger partial charge in [-0.25, -0.2) is 9.59 Å². The number of urea groups is 1. The molecule has 0 saturated carbocycles. The summed E-state index contributed by atoms with van der Waals surface area (Å²) in [5.41, 5.74) is 0. The van der Waals surface area contributed by atoms with Crippen LogP contribution in [0.25, 0.3) is 0 Å².